The van der Waals surface area contributed by atoms with Crippen molar-refractivity contribution < 1.29 is 0 Å². The first-order valence-electron chi connectivity index (χ1n) is 6.35. The summed E-state index contributed by atoms with van der Waals surface area (Å²) in [6.45, 7) is 2.18. The third-order valence-electron chi connectivity index (χ3n) is 3.00. The quantitative estimate of drug-likeness (QED) is 0.783. The molecule has 1 saturated carbocycles. The van der Waals surface area contributed by atoms with Crippen molar-refractivity contribution in [2.45, 2.75) is 44.7 Å². The Morgan fingerprint density at radius 2 is 2.06 bits per heavy atom. The molecule has 0 unspecified atom stereocenters. The minimum Gasteiger partial charge on any atom is -0.360 e. The van der Waals surface area contributed by atoms with Crippen molar-refractivity contribution in [2.75, 3.05) is 0 Å². The van der Waals surface area contributed by atoms with Crippen molar-refractivity contribution in [2.24, 2.45) is 0 Å². The van der Waals surface area contributed by atoms with Crippen LogP contribution in [0.15, 0.2) is 30.3 Å². The van der Waals surface area contributed by atoms with Gasteiger partial charge in [-0.15, -0.1) is 0 Å². The highest BCUT2D eigenvalue weighted by molar-refractivity contribution is 7.80. The van der Waals surface area contributed by atoms with Crippen LogP contribution in [0.2, 0.25) is 0 Å². The smallest absolute Gasteiger partial charge is 0.166 e. The van der Waals surface area contributed by atoms with E-state index in [1.807, 2.05) is 0 Å². The van der Waals surface area contributed by atoms with Crippen molar-refractivity contribution >= 4 is 17.3 Å². The van der Waals surface area contributed by atoms with Crippen LogP contribution in [0.25, 0.3) is 0 Å². The summed E-state index contributed by atoms with van der Waals surface area (Å²) in [7, 11) is 0. The summed E-state index contributed by atoms with van der Waals surface area (Å²) in [5.74, 6) is 0. The van der Waals surface area contributed by atoms with E-state index < -0.39 is 0 Å². The molecule has 2 rings (SSSR count). The minimum absolute atomic E-state index is 0.425. The molecule has 0 heterocycles. The van der Waals surface area contributed by atoms with Crippen LogP contribution in [-0.4, -0.2) is 17.2 Å². The fourth-order valence-corrected chi connectivity index (χ4v) is 2.15. The largest absolute Gasteiger partial charge is 0.360 e. The highest BCUT2D eigenvalue weighted by Crippen LogP contribution is 2.18. The zero-order valence-corrected chi connectivity index (χ0v) is 11.1. The lowest BCUT2D eigenvalue weighted by atomic mass is 10.1. The number of hydrogen-bond acceptors (Lipinski definition) is 1. The molecule has 1 aliphatic rings. The molecule has 0 radical (unpaired) electrons. The van der Waals surface area contributed by atoms with E-state index in [4.69, 9.17) is 12.2 Å². The summed E-state index contributed by atoms with van der Waals surface area (Å²) in [6, 6.07) is 11.6. The Bertz CT molecular complexity index is 360. The molecule has 1 aromatic rings. The molecule has 0 aromatic heterocycles. The summed E-state index contributed by atoms with van der Waals surface area (Å²) < 4.78 is 0. The maximum atomic E-state index is 5.26. The molecule has 17 heavy (non-hydrogen) atoms. The third kappa shape index (κ3) is 4.73. The zero-order chi connectivity index (χ0) is 12.1. The van der Waals surface area contributed by atoms with Gasteiger partial charge in [0.25, 0.3) is 0 Å². The third-order valence-corrected chi connectivity index (χ3v) is 3.23. The molecular weight excluding hydrogens is 228 g/mol. The lowest BCUT2D eigenvalue weighted by Crippen LogP contribution is -2.41. The highest BCUT2D eigenvalue weighted by atomic mass is 32.1. The molecule has 0 spiro atoms. The maximum absolute atomic E-state index is 5.26. The molecule has 2 N–H and O–H groups in total. The summed E-state index contributed by atoms with van der Waals surface area (Å²) in [5.41, 5.74) is 1.39. The molecule has 92 valence electrons. The molecule has 1 fully saturated rings. The van der Waals surface area contributed by atoms with E-state index in [0.29, 0.717) is 12.1 Å². The second-order valence-corrected chi connectivity index (χ2v) is 5.23. The van der Waals surface area contributed by atoms with Crippen LogP contribution in [0.3, 0.4) is 0 Å². The lowest BCUT2D eigenvalue weighted by molar-refractivity contribution is 0.599. The van der Waals surface area contributed by atoms with Crippen LogP contribution >= 0.6 is 12.2 Å². The Balaban J connectivity index is 1.66. The van der Waals surface area contributed by atoms with E-state index in [9.17, 15) is 0 Å². The first kappa shape index (κ1) is 12.4. The zero-order valence-electron chi connectivity index (χ0n) is 10.3. The van der Waals surface area contributed by atoms with Crippen molar-refractivity contribution in [3.8, 4) is 0 Å². The second-order valence-electron chi connectivity index (χ2n) is 4.82. The molecule has 0 aliphatic heterocycles. The fourth-order valence-electron chi connectivity index (χ4n) is 1.78. The summed E-state index contributed by atoms with van der Waals surface area (Å²) >= 11 is 5.26. The molecule has 3 heteroatoms. The number of rotatable bonds is 5. The van der Waals surface area contributed by atoms with Crippen molar-refractivity contribution in [1.82, 2.24) is 10.6 Å². The number of nitrogens with one attached hydrogen (secondary N) is 2. The Labute approximate surface area is 109 Å². The Hall–Kier alpha value is -1.09. The first-order valence-corrected chi connectivity index (χ1v) is 6.76. The molecule has 1 atom stereocenters. The monoisotopic (exact) mass is 248 g/mol. The summed E-state index contributed by atoms with van der Waals surface area (Å²) in [4.78, 5) is 0. The summed E-state index contributed by atoms with van der Waals surface area (Å²) in [6.07, 6.45) is 4.73. The molecule has 0 amide bonds. The van der Waals surface area contributed by atoms with Gasteiger partial charge >= 0.3 is 0 Å². The SMILES string of the molecule is C[C@@H](CCc1ccccc1)NC(=S)NC1CC1. The van der Waals surface area contributed by atoms with Crippen LogP contribution in [0.4, 0.5) is 0 Å². The van der Waals surface area contributed by atoms with Crippen LogP contribution < -0.4 is 10.6 Å². The topological polar surface area (TPSA) is 24.1 Å². The number of hydrogen-bond donors (Lipinski definition) is 2. The average Bonchev–Trinajstić information content (AvgIpc) is 3.11. The number of thiocarbonyl (C=S) groups is 1. The normalized spacial score (nSPS) is 16.3. The maximum Gasteiger partial charge on any atom is 0.166 e. The number of benzene rings is 1. The van der Waals surface area contributed by atoms with E-state index in [0.717, 1.165) is 18.0 Å². The molecule has 1 aliphatic carbocycles. The standard InChI is InChI=1S/C14H20N2S/c1-11(15-14(17)16-13-9-10-13)7-8-12-5-3-2-4-6-12/h2-6,11,13H,7-10H2,1H3,(H2,15,16,17)/t11-/m0/s1. The van der Waals surface area contributed by atoms with Crippen molar-refractivity contribution in [1.29, 1.82) is 0 Å². The van der Waals surface area contributed by atoms with Crippen LogP contribution in [0.5, 0.6) is 0 Å². The second kappa shape index (κ2) is 6.01. The van der Waals surface area contributed by atoms with E-state index in [2.05, 4.69) is 47.9 Å². The van der Waals surface area contributed by atoms with Gasteiger partial charge in [-0.1, -0.05) is 30.3 Å². The Morgan fingerprint density at radius 1 is 1.35 bits per heavy atom. The van der Waals surface area contributed by atoms with Gasteiger partial charge in [0, 0.05) is 12.1 Å². The molecule has 0 saturated heterocycles. The predicted octanol–water partition coefficient (Wildman–Crippen LogP) is 2.63. The van der Waals surface area contributed by atoms with Gasteiger partial charge in [-0.3, -0.25) is 0 Å². The Kier molecular flexibility index (Phi) is 4.37. The van der Waals surface area contributed by atoms with Crippen LogP contribution in [0.1, 0.15) is 31.7 Å². The first-order chi connectivity index (χ1) is 8.24. The summed E-state index contributed by atoms with van der Waals surface area (Å²) in [5, 5.41) is 7.46. The minimum atomic E-state index is 0.425. The van der Waals surface area contributed by atoms with Gasteiger partial charge in [-0.25, -0.2) is 0 Å². The molecule has 1 aromatic carbocycles. The molecule has 2 nitrogen and oxygen atoms in total. The average molecular weight is 248 g/mol. The van der Waals surface area contributed by atoms with Gasteiger partial charge < -0.3 is 10.6 Å². The van der Waals surface area contributed by atoms with Crippen LogP contribution in [-0.2, 0) is 6.42 Å². The van der Waals surface area contributed by atoms with Gasteiger partial charge in [0.1, 0.15) is 0 Å². The van der Waals surface area contributed by atoms with E-state index in [-0.39, 0.29) is 0 Å². The van der Waals surface area contributed by atoms with Gasteiger partial charge in [-0.05, 0) is 50.4 Å². The number of aryl methyl sites for hydroxylation is 1. The van der Waals surface area contributed by atoms with Gasteiger partial charge in [0.15, 0.2) is 5.11 Å². The van der Waals surface area contributed by atoms with Gasteiger partial charge in [0.2, 0.25) is 0 Å². The molecular formula is C14H20N2S. The van der Waals surface area contributed by atoms with E-state index >= 15 is 0 Å². The van der Waals surface area contributed by atoms with Gasteiger partial charge in [-0.2, -0.15) is 0 Å². The molecule has 0 bridgehead atoms. The highest BCUT2D eigenvalue weighted by Gasteiger charge is 2.21. The Morgan fingerprint density at radius 3 is 2.71 bits per heavy atom. The van der Waals surface area contributed by atoms with Gasteiger partial charge in [0.05, 0.1) is 0 Å². The van der Waals surface area contributed by atoms with Crippen LogP contribution in [0, 0.1) is 0 Å². The predicted molar refractivity (Wildman–Crippen MR) is 76.1 cm³/mol. The van der Waals surface area contributed by atoms with Crippen molar-refractivity contribution in [3.05, 3.63) is 35.9 Å². The van der Waals surface area contributed by atoms with E-state index in [1.54, 1.807) is 0 Å². The van der Waals surface area contributed by atoms with Crippen molar-refractivity contribution in [3.63, 3.8) is 0 Å². The fraction of sp³-hybridized carbons (Fsp3) is 0.500. The van der Waals surface area contributed by atoms with E-state index in [1.165, 1.54) is 18.4 Å². The lowest BCUT2D eigenvalue weighted by Gasteiger charge is -2.16.